The van der Waals surface area contributed by atoms with E-state index in [2.05, 4.69) is 15.0 Å². The predicted octanol–water partition coefficient (Wildman–Crippen LogP) is 2.22. The monoisotopic (exact) mass is 376 g/mol. The fourth-order valence-electron chi connectivity index (χ4n) is 3.08. The molecule has 148 valence electrons. The number of furan rings is 1. The molecule has 1 aliphatic rings. The van der Waals surface area contributed by atoms with Gasteiger partial charge in [0.1, 0.15) is 0 Å². The summed E-state index contributed by atoms with van der Waals surface area (Å²) in [6.07, 6.45) is 5.55. The van der Waals surface area contributed by atoms with Gasteiger partial charge in [0.15, 0.2) is 5.76 Å². The highest BCUT2D eigenvalue weighted by atomic mass is 16.5. The zero-order valence-electron chi connectivity index (χ0n) is 16.1. The first-order chi connectivity index (χ1) is 13.1. The number of rotatable bonds is 10. The van der Waals surface area contributed by atoms with Gasteiger partial charge in [0, 0.05) is 39.1 Å². The number of carbonyl (C=O) groups is 1. The number of aryl methyl sites for hydroxylation is 1. The molecule has 3 heterocycles. The van der Waals surface area contributed by atoms with E-state index in [1.807, 2.05) is 19.0 Å². The van der Waals surface area contributed by atoms with Crippen molar-refractivity contribution in [2.75, 3.05) is 40.3 Å². The number of amides is 1. The Bertz CT molecular complexity index is 692. The number of aromatic nitrogens is 2. The first kappa shape index (κ1) is 19.6. The van der Waals surface area contributed by atoms with Gasteiger partial charge in [-0.2, -0.15) is 4.98 Å². The molecule has 0 aromatic carbocycles. The van der Waals surface area contributed by atoms with Crippen molar-refractivity contribution in [3.63, 3.8) is 0 Å². The van der Waals surface area contributed by atoms with Crippen LogP contribution in [0.4, 0.5) is 0 Å². The average molecular weight is 376 g/mol. The van der Waals surface area contributed by atoms with Crippen molar-refractivity contribution in [1.82, 2.24) is 19.9 Å². The van der Waals surface area contributed by atoms with Gasteiger partial charge >= 0.3 is 0 Å². The fraction of sp³-hybridized carbons (Fsp3) is 0.632. The molecule has 0 bridgehead atoms. The van der Waals surface area contributed by atoms with E-state index in [-0.39, 0.29) is 12.0 Å². The Labute approximate surface area is 159 Å². The van der Waals surface area contributed by atoms with Gasteiger partial charge in [-0.3, -0.25) is 4.79 Å². The summed E-state index contributed by atoms with van der Waals surface area (Å²) in [6.45, 7) is 3.04. The zero-order chi connectivity index (χ0) is 19.1. The minimum absolute atomic E-state index is 0.151. The number of hydrogen-bond acceptors (Lipinski definition) is 7. The summed E-state index contributed by atoms with van der Waals surface area (Å²) >= 11 is 0. The molecule has 1 atom stereocenters. The third-order valence-corrected chi connectivity index (χ3v) is 4.61. The van der Waals surface area contributed by atoms with Gasteiger partial charge in [-0.25, -0.2) is 0 Å². The van der Waals surface area contributed by atoms with E-state index in [1.165, 1.54) is 0 Å². The first-order valence-electron chi connectivity index (χ1n) is 9.52. The van der Waals surface area contributed by atoms with Crippen LogP contribution in [0.25, 0.3) is 11.6 Å². The standard InChI is InChI=1S/C19H28N4O4/c1-22(2)10-11-23(14-15-6-4-12-25-15)18(24)9-3-8-17-20-19(21-27-17)16-7-5-13-26-16/h5,7,13,15H,3-4,6,8-12,14H2,1-2H3/t15-/m0/s1. The molecule has 0 unspecified atom stereocenters. The van der Waals surface area contributed by atoms with Gasteiger partial charge in [0.2, 0.25) is 17.6 Å². The minimum atomic E-state index is 0.151. The molecule has 1 aliphatic heterocycles. The summed E-state index contributed by atoms with van der Waals surface area (Å²) in [5.41, 5.74) is 0. The fourth-order valence-corrected chi connectivity index (χ4v) is 3.08. The second-order valence-electron chi connectivity index (χ2n) is 7.12. The third kappa shape index (κ3) is 5.90. The van der Waals surface area contributed by atoms with E-state index in [0.717, 1.165) is 32.5 Å². The molecule has 0 saturated carbocycles. The van der Waals surface area contributed by atoms with Crippen LogP contribution in [-0.4, -0.2) is 72.3 Å². The van der Waals surface area contributed by atoms with Crippen LogP contribution < -0.4 is 0 Å². The van der Waals surface area contributed by atoms with Gasteiger partial charge < -0.3 is 23.5 Å². The van der Waals surface area contributed by atoms with E-state index in [1.54, 1.807) is 18.4 Å². The molecule has 0 radical (unpaired) electrons. The lowest BCUT2D eigenvalue weighted by atomic mass is 10.2. The number of likely N-dealkylation sites (N-methyl/N-ethyl adjacent to an activating group) is 1. The van der Waals surface area contributed by atoms with Crippen LogP contribution >= 0.6 is 0 Å². The Hall–Kier alpha value is -2.19. The summed E-state index contributed by atoms with van der Waals surface area (Å²) < 4.78 is 16.2. The average Bonchev–Trinajstić information content (AvgIpc) is 3.40. The molecule has 8 heteroatoms. The summed E-state index contributed by atoms with van der Waals surface area (Å²) in [6, 6.07) is 3.56. The lowest BCUT2D eigenvalue weighted by molar-refractivity contribution is -0.133. The van der Waals surface area contributed by atoms with Gasteiger partial charge in [0.25, 0.3) is 0 Å². The maximum absolute atomic E-state index is 12.7. The van der Waals surface area contributed by atoms with Crippen LogP contribution in [0.5, 0.6) is 0 Å². The minimum Gasteiger partial charge on any atom is -0.461 e. The van der Waals surface area contributed by atoms with E-state index in [0.29, 0.717) is 43.3 Å². The molecule has 0 aliphatic carbocycles. The topological polar surface area (TPSA) is 84.8 Å². The highest BCUT2D eigenvalue weighted by Gasteiger charge is 2.22. The maximum atomic E-state index is 12.7. The first-order valence-corrected chi connectivity index (χ1v) is 9.52. The molecule has 27 heavy (non-hydrogen) atoms. The quantitative estimate of drug-likeness (QED) is 0.628. The van der Waals surface area contributed by atoms with E-state index >= 15 is 0 Å². The molecular formula is C19H28N4O4. The van der Waals surface area contributed by atoms with Crippen molar-refractivity contribution in [2.45, 2.75) is 38.2 Å². The second kappa shape index (κ2) is 9.66. The zero-order valence-corrected chi connectivity index (χ0v) is 16.1. The SMILES string of the molecule is CN(C)CCN(C[C@@H]1CCCO1)C(=O)CCCc1nc(-c2ccco2)no1. The van der Waals surface area contributed by atoms with Crippen molar-refractivity contribution in [1.29, 1.82) is 0 Å². The lowest BCUT2D eigenvalue weighted by Crippen LogP contribution is -2.41. The third-order valence-electron chi connectivity index (χ3n) is 4.61. The summed E-state index contributed by atoms with van der Waals surface area (Å²) in [5, 5.41) is 3.91. The van der Waals surface area contributed by atoms with Crippen molar-refractivity contribution in [3.05, 3.63) is 24.3 Å². The van der Waals surface area contributed by atoms with Gasteiger partial charge in [-0.05, 0) is 45.5 Å². The molecule has 0 N–H and O–H groups in total. The largest absolute Gasteiger partial charge is 0.461 e. The Morgan fingerprint density at radius 3 is 2.93 bits per heavy atom. The van der Waals surface area contributed by atoms with Crippen molar-refractivity contribution >= 4 is 5.91 Å². The Kier molecular flexibility index (Phi) is 7.00. The lowest BCUT2D eigenvalue weighted by Gasteiger charge is -2.27. The molecule has 2 aromatic heterocycles. The summed E-state index contributed by atoms with van der Waals surface area (Å²) in [5.74, 6) is 1.69. The van der Waals surface area contributed by atoms with Gasteiger partial charge in [-0.1, -0.05) is 5.16 Å². The number of carbonyl (C=O) groups excluding carboxylic acids is 1. The highest BCUT2D eigenvalue weighted by Crippen LogP contribution is 2.17. The normalized spacial score (nSPS) is 16.9. The molecule has 1 fully saturated rings. The highest BCUT2D eigenvalue weighted by molar-refractivity contribution is 5.76. The summed E-state index contributed by atoms with van der Waals surface area (Å²) in [4.78, 5) is 21.0. The molecule has 3 rings (SSSR count). The molecule has 8 nitrogen and oxygen atoms in total. The number of ether oxygens (including phenoxy) is 1. The smallest absolute Gasteiger partial charge is 0.238 e. The summed E-state index contributed by atoms with van der Waals surface area (Å²) in [7, 11) is 4.03. The Morgan fingerprint density at radius 2 is 2.22 bits per heavy atom. The van der Waals surface area contributed by atoms with E-state index in [9.17, 15) is 4.79 Å². The number of hydrogen-bond donors (Lipinski definition) is 0. The number of nitrogens with zero attached hydrogens (tertiary/aromatic N) is 4. The van der Waals surface area contributed by atoms with E-state index in [4.69, 9.17) is 13.7 Å². The van der Waals surface area contributed by atoms with E-state index < -0.39 is 0 Å². The maximum Gasteiger partial charge on any atom is 0.238 e. The van der Waals surface area contributed by atoms with Crippen LogP contribution in [0.15, 0.2) is 27.3 Å². The molecular weight excluding hydrogens is 348 g/mol. The Morgan fingerprint density at radius 1 is 1.33 bits per heavy atom. The molecule has 2 aromatic rings. The van der Waals surface area contributed by atoms with Crippen LogP contribution in [0, 0.1) is 0 Å². The van der Waals surface area contributed by atoms with Gasteiger partial charge in [-0.15, -0.1) is 0 Å². The Balaban J connectivity index is 1.47. The van der Waals surface area contributed by atoms with Crippen molar-refractivity contribution in [2.24, 2.45) is 0 Å². The predicted molar refractivity (Wildman–Crippen MR) is 99.0 cm³/mol. The molecule has 0 spiro atoms. The van der Waals surface area contributed by atoms with Crippen molar-refractivity contribution < 1.29 is 18.5 Å². The second-order valence-corrected chi connectivity index (χ2v) is 7.12. The van der Waals surface area contributed by atoms with Crippen molar-refractivity contribution in [3.8, 4) is 11.6 Å². The molecule has 1 saturated heterocycles. The van der Waals surface area contributed by atoms with Crippen LogP contribution in [0.1, 0.15) is 31.6 Å². The molecule has 1 amide bonds. The van der Waals surface area contributed by atoms with Gasteiger partial charge in [0.05, 0.1) is 12.4 Å². The van der Waals surface area contributed by atoms with Crippen LogP contribution in [-0.2, 0) is 16.0 Å². The van der Waals surface area contributed by atoms with Crippen LogP contribution in [0.2, 0.25) is 0 Å². The van der Waals surface area contributed by atoms with Crippen LogP contribution in [0.3, 0.4) is 0 Å².